The summed E-state index contributed by atoms with van der Waals surface area (Å²) in [6.45, 7) is 4.94. The third kappa shape index (κ3) is 5.74. The van der Waals surface area contributed by atoms with Gasteiger partial charge in [0, 0.05) is 18.2 Å². The van der Waals surface area contributed by atoms with Gasteiger partial charge in [-0.2, -0.15) is 0 Å². The molecule has 30 heavy (non-hydrogen) atoms. The summed E-state index contributed by atoms with van der Waals surface area (Å²) in [6, 6.07) is 12.2. The van der Waals surface area contributed by atoms with E-state index in [0.29, 0.717) is 35.0 Å². The van der Waals surface area contributed by atoms with Crippen LogP contribution in [0.3, 0.4) is 0 Å². The SMILES string of the molecule is CC[C@H](Oc1ccc(Cl)c(C)c1)C(=O)Nc1ccccc1C(=O)NC[C@@H]1CCCO1. The molecule has 0 spiro atoms. The number of hydrogen-bond acceptors (Lipinski definition) is 4. The zero-order chi connectivity index (χ0) is 21.5. The highest BCUT2D eigenvalue weighted by atomic mass is 35.5. The average molecular weight is 431 g/mol. The fourth-order valence-electron chi connectivity index (χ4n) is 3.29. The van der Waals surface area contributed by atoms with Gasteiger partial charge in [0.05, 0.1) is 17.4 Å². The van der Waals surface area contributed by atoms with Crippen molar-refractivity contribution in [2.75, 3.05) is 18.5 Å². The zero-order valence-corrected chi connectivity index (χ0v) is 18.0. The van der Waals surface area contributed by atoms with Crippen molar-refractivity contribution in [3.8, 4) is 5.75 Å². The van der Waals surface area contributed by atoms with Crippen LogP contribution < -0.4 is 15.4 Å². The van der Waals surface area contributed by atoms with E-state index in [2.05, 4.69) is 10.6 Å². The lowest BCUT2D eigenvalue weighted by Gasteiger charge is -2.19. The summed E-state index contributed by atoms with van der Waals surface area (Å²) in [5.41, 5.74) is 1.72. The Morgan fingerprint density at radius 2 is 2.07 bits per heavy atom. The number of ether oxygens (including phenoxy) is 2. The van der Waals surface area contributed by atoms with Crippen molar-refractivity contribution in [1.29, 1.82) is 0 Å². The number of anilines is 1. The molecule has 2 aromatic carbocycles. The number of amides is 2. The summed E-state index contributed by atoms with van der Waals surface area (Å²) in [6.07, 6.45) is 1.78. The quantitative estimate of drug-likeness (QED) is 0.652. The van der Waals surface area contributed by atoms with Crippen LogP contribution in [-0.2, 0) is 9.53 Å². The lowest BCUT2D eigenvalue weighted by Crippen LogP contribution is -2.35. The van der Waals surface area contributed by atoms with Gasteiger partial charge in [0.25, 0.3) is 11.8 Å². The molecular formula is C23H27ClN2O4. The number of aryl methyl sites for hydroxylation is 1. The van der Waals surface area contributed by atoms with Crippen molar-refractivity contribution in [3.05, 3.63) is 58.6 Å². The molecule has 0 aliphatic carbocycles. The standard InChI is InChI=1S/C23H27ClN2O4/c1-3-21(30-16-10-11-19(24)15(2)13-16)23(28)26-20-9-5-4-8-18(20)22(27)25-14-17-7-6-12-29-17/h4-5,8-11,13,17,21H,3,6-7,12,14H2,1-2H3,(H,25,27)(H,26,28)/t17-,21-/m0/s1. The molecule has 2 N–H and O–H groups in total. The van der Waals surface area contributed by atoms with Crippen LogP contribution in [0.15, 0.2) is 42.5 Å². The van der Waals surface area contributed by atoms with Crippen LogP contribution in [0.1, 0.15) is 42.1 Å². The second kappa shape index (κ2) is 10.5. The molecule has 160 valence electrons. The second-order valence-electron chi connectivity index (χ2n) is 7.31. The predicted molar refractivity (Wildman–Crippen MR) is 117 cm³/mol. The van der Waals surface area contributed by atoms with Crippen LogP contribution in [0, 0.1) is 6.92 Å². The lowest BCUT2D eigenvalue weighted by molar-refractivity contribution is -0.122. The summed E-state index contributed by atoms with van der Waals surface area (Å²) < 4.78 is 11.4. The van der Waals surface area contributed by atoms with E-state index < -0.39 is 6.10 Å². The molecule has 0 radical (unpaired) electrons. The van der Waals surface area contributed by atoms with Gasteiger partial charge < -0.3 is 20.1 Å². The topological polar surface area (TPSA) is 76.7 Å². The number of benzene rings is 2. The summed E-state index contributed by atoms with van der Waals surface area (Å²) in [7, 11) is 0. The molecule has 0 saturated carbocycles. The summed E-state index contributed by atoms with van der Waals surface area (Å²) in [5.74, 6) is 0.00895. The van der Waals surface area contributed by atoms with Crippen molar-refractivity contribution < 1.29 is 19.1 Å². The molecule has 3 rings (SSSR count). The first-order valence-corrected chi connectivity index (χ1v) is 10.6. The van der Waals surface area contributed by atoms with Gasteiger partial charge in [-0.05, 0) is 62.1 Å². The fraction of sp³-hybridized carbons (Fsp3) is 0.391. The summed E-state index contributed by atoms with van der Waals surface area (Å²) in [5, 5.41) is 6.37. The molecule has 2 amide bonds. The van der Waals surface area contributed by atoms with Gasteiger partial charge in [0.15, 0.2) is 6.10 Å². The maximum Gasteiger partial charge on any atom is 0.265 e. The Morgan fingerprint density at radius 3 is 2.77 bits per heavy atom. The first-order valence-electron chi connectivity index (χ1n) is 10.2. The zero-order valence-electron chi connectivity index (χ0n) is 17.2. The summed E-state index contributed by atoms with van der Waals surface area (Å²) >= 11 is 6.05. The molecule has 7 heteroatoms. The lowest BCUT2D eigenvalue weighted by atomic mass is 10.1. The van der Waals surface area contributed by atoms with Crippen molar-refractivity contribution in [2.24, 2.45) is 0 Å². The number of nitrogens with one attached hydrogen (secondary N) is 2. The number of para-hydroxylation sites is 1. The third-order valence-corrected chi connectivity index (χ3v) is 5.44. The van der Waals surface area contributed by atoms with E-state index in [4.69, 9.17) is 21.1 Å². The first-order chi connectivity index (χ1) is 14.5. The minimum Gasteiger partial charge on any atom is -0.481 e. The number of carbonyl (C=O) groups is 2. The largest absolute Gasteiger partial charge is 0.481 e. The molecular weight excluding hydrogens is 404 g/mol. The molecule has 6 nitrogen and oxygen atoms in total. The smallest absolute Gasteiger partial charge is 0.265 e. The van der Waals surface area contributed by atoms with E-state index in [0.717, 1.165) is 25.0 Å². The number of halogens is 1. The molecule has 0 unspecified atom stereocenters. The van der Waals surface area contributed by atoms with Crippen molar-refractivity contribution in [2.45, 2.75) is 45.3 Å². The third-order valence-electron chi connectivity index (χ3n) is 5.01. The van der Waals surface area contributed by atoms with Gasteiger partial charge in [0.2, 0.25) is 0 Å². The number of rotatable bonds is 8. The minimum atomic E-state index is -0.700. The summed E-state index contributed by atoms with van der Waals surface area (Å²) in [4.78, 5) is 25.5. The van der Waals surface area contributed by atoms with E-state index in [1.165, 1.54) is 0 Å². The average Bonchev–Trinajstić information content (AvgIpc) is 3.26. The van der Waals surface area contributed by atoms with Gasteiger partial charge in [-0.15, -0.1) is 0 Å². The van der Waals surface area contributed by atoms with Gasteiger partial charge in [0.1, 0.15) is 5.75 Å². The molecule has 0 bridgehead atoms. The van der Waals surface area contributed by atoms with Crippen molar-refractivity contribution in [1.82, 2.24) is 5.32 Å². The Bertz CT molecular complexity index is 897. The molecule has 1 heterocycles. The van der Waals surface area contributed by atoms with E-state index in [1.54, 1.807) is 42.5 Å². The molecule has 2 atom stereocenters. The molecule has 1 aliphatic rings. The molecule has 0 aromatic heterocycles. The molecule has 1 saturated heterocycles. The van der Waals surface area contributed by atoms with E-state index >= 15 is 0 Å². The monoisotopic (exact) mass is 430 g/mol. The highest BCUT2D eigenvalue weighted by Crippen LogP contribution is 2.23. The van der Waals surface area contributed by atoms with Crippen LogP contribution in [0.2, 0.25) is 5.02 Å². The highest BCUT2D eigenvalue weighted by molar-refractivity contribution is 6.31. The van der Waals surface area contributed by atoms with E-state index in [1.807, 2.05) is 13.8 Å². The highest BCUT2D eigenvalue weighted by Gasteiger charge is 2.22. The van der Waals surface area contributed by atoms with E-state index in [9.17, 15) is 9.59 Å². The van der Waals surface area contributed by atoms with Gasteiger partial charge in [-0.1, -0.05) is 30.7 Å². The van der Waals surface area contributed by atoms with Crippen LogP contribution in [0.5, 0.6) is 5.75 Å². The normalized spacial score (nSPS) is 16.7. The Labute approximate surface area is 181 Å². The number of carbonyl (C=O) groups excluding carboxylic acids is 2. The Balaban J connectivity index is 1.65. The maximum atomic E-state index is 12.8. The van der Waals surface area contributed by atoms with Crippen LogP contribution >= 0.6 is 11.6 Å². The minimum absolute atomic E-state index is 0.0522. The molecule has 1 aliphatic heterocycles. The van der Waals surface area contributed by atoms with Crippen LogP contribution in [0.4, 0.5) is 5.69 Å². The van der Waals surface area contributed by atoms with Crippen LogP contribution in [0.25, 0.3) is 0 Å². The Kier molecular flexibility index (Phi) is 7.71. The van der Waals surface area contributed by atoms with Crippen molar-refractivity contribution in [3.63, 3.8) is 0 Å². The first kappa shape index (κ1) is 22.1. The maximum absolute atomic E-state index is 12.8. The molecule has 2 aromatic rings. The van der Waals surface area contributed by atoms with Crippen LogP contribution in [-0.4, -0.2) is 37.2 Å². The Morgan fingerprint density at radius 1 is 1.27 bits per heavy atom. The van der Waals surface area contributed by atoms with Gasteiger partial charge in [-0.3, -0.25) is 9.59 Å². The van der Waals surface area contributed by atoms with Crippen molar-refractivity contribution >= 4 is 29.1 Å². The Hall–Kier alpha value is -2.57. The number of hydrogen-bond donors (Lipinski definition) is 2. The fourth-order valence-corrected chi connectivity index (χ4v) is 3.40. The second-order valence-corrected chi connectivity index (χ2v) is 7.71. The van der Waals surface area contributed by atoms with Gasteiger partial charge in [-0.25, -0.2) is 0 Å². The van der Waals surface area contributed by atoms with Gasteiger partial charge >= 0.3 is 0 Å². The van der Waals surface area contributed by atoms with E-state index in [-0.39, 0.29) is 17.9 Å². The predicted octanol–water partition coefficient (Wildman–Crippen LogP) is 4.35. The molecule has 1 fully saturated rings.